The molecule has 1 fully saturated rings. The highest BCUT2D eigenvalue weighted by molar-refractivity contribution is 6.41. The zero-order chi connectivity index (χ0) is 13.3. The second-order valence-electron chi connectivity index (χ2n) is 4.16. The molecule has 0 aromatic carbocycles. The van der Waals surface area contributed by atoms with Crippen molar-refractivity contribution in [3.8, 4) is 0 Å². The number of carbonyl (C=O) groups excluding carboxylic acids is 2. The van der Waals surface area contributed by atoms with Gasteiger partial charge in [0.25, 0.3) is 5.91 Å². The van der Waals surface area contributed by atoms with E-state index in [0.717, 1.165) is 6.42 Å². The van der Waals surface area contributed by atoms with Gasteiger partial charge in [0.1, 0.15) is 10.8 Å². The summed E-state index contributed by atoms with van der Waals surface area (Å²) in [6, 6.07) is 1.52. The summed E-state index contributed by atoms with van der Waals surface area (Å²) < 4.78 is 1.52. The van der Waals surface area contributed by atoms with Gasteiger partial charge in [-0.2, -0.15) is 0 Å². The summed E-state index contributed by atoms with van der Waals surface area (Å²) in [5.41, 5.74) is 0.389. The molecule has 0 saturated carbocycles. The Labute approximate surface area is 115 Å². The molecule has 5 nitrogen and oxygen atoms in total. The fourth-order valence-electron chi connectivity index (χ4n) is 1.89. The summed E-state index contributed by atoms with van der Waals surface area (Å²) >= 11 is 11.8. The van der Waals surface area contributed by atoms with Crippen LogP contribution in [0.1, 0.15) is 16.9 Å². The first-order chi connectivity index (χ1) is 8.50. The van der Waals surface area contributed by atoms with E-state index in [-0.39, 0.29) is 18.4 Å². The Hall–Kier alpha value is -1.20. The molecule has 0 bridgehead atoms. The van der Waals surface area contributed by atoms with Gasteiger partial charge in [0, 0.05) is 20.1 Å². The van der Waals surface area contributed by atoms with Crippen molar-refractivity contribution in [1.82, 2.24) is 14.8 Å². The summed E-state index contributed by atoms with van der Waals surface area (Å²) in [5, 5.41) is 3.37. The monoisotopic (exact) mass is 289 g/mol. The molecule has 1 aromatic rings. The van der Waals surface area contributed by atoms with Crippen LogP contribution in [0.5, 0.6) is 0 Å². The van der Waals surface area contributed by atoms with Crippen LogP contribution in [0.2, 0.25) is 10.2 Å². The summed E-state index contributed by atoms with van der Waals surface area (Å²) in [6.45, 7) is 1.20. The number of amides is 2. The van der Waals surface area contributed by atoms with Gasteiger partial charge in [-0.05, 0) is 12.5 Å². The molecule has 98 valence electrons. The van der Waals surface area contributed by atoms with Crippen LogP contribution in [-0.2, 0) is 11.8 Å². The van der Waals surface area contributed by atoms with E-state index in [2.05, 4.69) is 5.32 Å². The number of aromatic nitrogens is 1. The second-order valence-corrected chi connectivity index (χ2v) is 4.92. The number of nitrogens with zero attached hydrogens (tertiary/aromatic N) is 2. The Morgan fingerprint density at radius 3 is 2.78 bits per heavy atom. The standard InChI is InChI=1S/C11H13Cl2N3O2/c1-15-8(5-7(12)10(15)13)11(18)16-4-2-3-14-9(17)6-16/h5H,2-4,6H2,1H3,(H,14,17). The number of nitrogens with one attached hydrogen (secondary N) is 1. The van der Waals surface area contributed by atoms with E-state index in [1.807, 2.05) is 0 Å². The summed E-state index contributed by atoms with van der Waals surface area (Å²) in [6.07, 6.45) is 0.739. The van der Waals surface area contributed by atoms with Gasteiger partial charge in [-0.25, -0.2) is 0 Å². The van der Waals surface area contributed by atoms with Crippen molar-refractivity contribution in [2.75, 3.05) is 19.6 Å². The fraction of sp³-hybridized carbons (Fsp3) is 0.455. The molecular formula is C11H13Cl2N3O2. The maximum atomic E-state index is 12.3. The van der Waals surface area contributed by atoms with E-state index in [1.165, 1.54) is 15.5 Å². The molecule has 1 aromatic heterocycles. The highest BCUT2D eigenvalue weighted by Gasteiger charge is 2.24. The minimum atomic E-state index is -0.233. The van der Waals surface area contributed by atoms with Crippen molar-refractivity contribution < 1.29 is 9.59 Å². The predicted molar refractivity (Wildman–Crippen MR) is 69.0 cm³/mol. The van der Waals surface area contributed by atoms with Crippen molar-refractivity contribution in [2.24, 2.45) is 7.05 Å². The molecule has 0 radical (unpaired) electrons. The van der Waals surface area contributed by atoms with Crippen LogP contribution < -0.4 is 5.32 Å². The van der Waals surface area contributed by atoms with Crippen molar-refractivity contribution >= 4 is 35.0 Å². The molecule has 1 N–H and O–H groups in total. The molecule has 0 atom stereocenters. The molecule has 2 rings (SSSR count). The highest BCUT2D eigenvalue weighted by Crippen LogP contribution is 2.26. The van der Waals surface area contributed by atoms with Crippen LogP contribution >= 0.6 is 23.2 Å². The number of carbonyl (C=O) groups is 2. The number of rotatable bonds is 1. The third-order valence-electron chi connectivity index (χ3n) is 2.88. The zero-order valence-corrected chi connectivity index (χ0v) is 11.4. The van der Waals surface area contributed by atoms with E-state index in [0.29, 0.717) is 29.0 Å². The number of hydrogen-bond donors (Lipinski definition) is 1. The van der Waals surface area contributed by atoms with E-state index in [4.69, 9.17) is 23.2 Å². The van der Waals surface area contributed by atoms with E-state index < -0.39 is 0 Å². The molecule has 1 aliphatic heterocycles. The normalized spacial score (nSPS) is 16.4. The third-order valence-corrected chi connectivity index (χ3v) is 3.73. The molecule has 0 unspecified atom stereocenters. The predicted octanol–water partition coefficient (Wildman–Crippen LogP) is 1.29. The largest absolute Gasteiger partial charge is 0.354 e. The average Bonchev–Trinajstić information content (AvgIpc) is 2.55. The molecule has 1 saturated heterocycles. The van der Waals surface area contributed by atoms with Gasteiger partial charge >= 0.3 is 0 Å². The van der Waals surface area contributed by atoms with Crippen molar-refractivity contribution in [1.29, 1.82) is 0 Å². The Morgan fingerprint density at radius 2 is 2.17 bits per heavy atom. The van der Waals surface area contributed by atoms with Crippen LogP contribution in [0.4, 0.5) is 0 Å². The topological polar surface area (TPSA) is 54.3 Å². The molecule has 7 heteroatoms. The highest BCUT2D eigenvalue weighted by atomic mass is 35.5. The van der Waals surface area contributed by atoms with Crippen LogP contribution in [0.25, 0.3) is 0 Å². The van der Waals surface area contributed by atoms with E-state index in [9.17, 15) is 9.59 Å². The lowest BCUT2D eigenvalue weighted by molar-refractivity contribution is -0.121. The quantitative estimate of drug-likeness (QED) is 0.847. The maximum absolute atomic E-state index is 12.3. The molecule has 0 aliphatic carbocycles. The van der Waals surface area contributed by atoms with Crippen LogP contribution in [0.3, 0.4) is 0 Å². The minimum Gasteiger partial charge on any atom is -0.354 e. The summed E-state index contributed by atoms with van der Waals surface area (Å²) in [7, 11) is 1.67. The first-order valence-corrected chi connectivity index (χ1v) is 6.33. The van der Waals surface area contributed by atoms with Gasteiger partial charge in [0.2, 0.25) is 5.91 Å². The van der Waals surface area contributed by atoms with Gasteiger partial charge in [0.15, 0.2) is 0 Å². The molecule has 18 heavy (non-hydrogen) atoms. The summed E-state index contributed by atoms with van der Waals surface area (Å²) in [5.74, 6) is -0.379. The Balaban J connectivity index is 2.24. The van der Waals surface area contributed by atoms with Gasteiger partial charge in [0.05, 0.1) is 11.6 Å². The minimum absolute atomic E-state index is 0.0687. The average molecular weight is 290 g/mol. The zero-order valence-electron chi connectivity index (χ0n) is 9.87. The Bertz CT molecular complexity index is 499. The molecule has 0 spiro atoms. The Morgan fingerprint density at radius 1 is 1.44 bits per heavy atom. The third kappa shape index (κ3) is 2.47. The van der Waals surface area contributed by atoms with Crippen molar-refractivity contribution in [3.63, 3.8) is 0 Å². The number of hydrogen-bond acceptors (Lipinski definition) is 2. The lowest BCUT2D eigenvalue weighted by Crippen LogP contribution is -2.38. The lowest BCUT2D eigenvalue weighted by Gasteiger charge is -2.19. The van der Waals surface area contributed by atoms with Crippen molar-refractivity contribution in [2.45, 2.75) is 6.42 Å². The van der Waals surface area contributed by atoms with E-state index in [1.54, 1.807) is 7.05 Å². The molecular weight excluding hydrogens is 277 g/mol. The first-order valence-electron chi connectivity index (χ1n) is 5.57. The van der Waals surface area contributed by atoms with Gasteiger partial charge in [-0.1, -0.05) is 23.2 Å². The summed E-state index contributed by atoms with van der Waals surface area (Å²) in [4.78, 5) is 25.2. The van der Waals surface area contributed by atoms with Gasteiger partial charge in [-0.3, -0.25) is 9.59 Å². The molecule has 1 aliphatic rings. The smallest absolute Gasteiger partial charge is 0.271 e. The first kappa shape index (κ1) is 13.2. The SMILES string of the molecule is Cn1c(C(=O)N2CCCNC(=O)C2)cc(Cl)c1Cl. The fourth-order valence-corrected chi connectivity index (χ4v) is 2.26. The lowest BCUT2D eigenvalue weighted by atomic mass is 10.3. The van der Waals surface area contributed by atoms with Crippen LogP contribution in [0.15, 0.2) is 6.07 Å². The van der Waals surface area contributed by atoms with Crippen molar-refractivity contribution in [3.05, 3.63) is 21.9 Å². The molecule has 2 amide bonds. The van der Waals surface area contributed by atoms with Gasteiger partial charge < -0.3 is 14.8 Å². The van der Waals surface area contributed by atoms with E-state index >= 15 is 0 Å². The Kier molecular flexibility index (Phi) is 3.82. The van der Waals surface area contributed by atoms with Crippen LogP contribution in [0, 0.1) is 0 Å². The molecule has 2 heterocycles. The maximum Gasteiger partial charge on any atom is 0.271 e. The number of halogens is 2. The second kappa shape index (κ2) is 5.20. The van der Waals surface area contributed by atoms with Crippen LogP contribution in [-0.4, -0.2) is 40.9 Å². The van der Waals surface area contributed by atoms with Gasteiger partial charge in [-0.15, -0.1) is 0 Å².